The van der Waals surface area contributed by atoms with Gasteiger partial charge in [-0.3, -0.25) is 9.36 Å². The van der Waals surface area contributed by atoms with Crippen molar-refractivity contribution in [3.63, 3.8) is 0 Å². The number of hydrogen-bond donors (Lipinski definition) is 3. The predicted molar refractivity (Wildman–Crippen MR) is 65.2 cm³/mol. The monoisotopic (exact) mass is 283 g/mol. The second-order valence-corrected chi connectivity index (χ2v) is 4.66. The number of ether oxygens (including phenoxy) is 1. The van der Waals surface area contributed by atoms with E-state index in [1.165, 1.54) is 0 Å². The van der Waals surface area contributed by atoms with Gasteiger partial charge in [0.2, 0.25) is 0 Å². The molecular weight excluding hydrogens is 269 g/mol. The number of halogens is 1. The topological polar surface area (TPSA) is 111 Å². The van der Waals surface area contributed by atoms with E-state index in [1.807, 2.05) is 0 Å². The Morgan fingerprint density at radius 3 is 2.90 bits per heavy atom. The van der Waals surface area contributed by atoms with Crippen LogP contribution >= 0.6 is 0 Å². The van der Waals surface area contributed by atoms with Gasteiger partial charge in [0.1, 0.15) is 17.9 Å². The molecule has 1 aromatic heterocycles. The average molecular weight is 283 g/mol. The lowest BCUT2D eigenvalue weighted by atomic mass is 9.98. The summed E-state index contributed by atoms with van der Waals surface area (Å²) >= 11 is 0. The number of nitrogens with two attached hydrogens (primary N) is 1. The maximum absolute atomic E-state index is 14.6. The molecule has 108 valence electrons. The number of aliphatic hydroxyl groups excluding tert-OH is 2. The molecule has 2 heterocycles. The third-order valence-corrected chi connectivity index (χ3v) is 3.31. The third kappa shape index (κ3) is 1.96. The molecule has 0 aromatic carbocycles. The highest BCUT2D eigenvalue weighted by Crippen LogP contribution is 2.41. The van der Waals surface area contributed by atoms with Crippen LogP contribution in [-0.2, 0) is 4.74 Å². The summed E-state index contributed by atoms with van der Waals surface area (Å²) < 4.78 is 21.0. The van der Waals surface area contributed by atoms with Gasteiger partial charge in [0.15, 0.2) is 17.6 Å². The Kier molecular flexibility index (Phi) is 3.52. The van der Waals surface area contributed by atoms with Crippen LogP contribution < -0.4 is 5.73 Å². The van der Waals surface area contributed by atoms with Gasteiger partial charge in [-0.2, -0.15) is 0 Å². The number of primary amides is 1. The minimum Gasteiger partial charge on any atom is -0.394 e. The number of alkyl halides is 1. The molecule has 8 heteroatoms. The maximum Gasteiger partial charge on any atom is 0.270 e. The van der Waals surface area contributed by atoms with Crippen molar-refractivity contribution in [3.8, 4) is 12.3 Å². The van der Waals surface area contributed by atoms with Crippen molar-refractivity contribution in [3.05, 3.63) is 17.7 Å². The van der Waals surface area contributed by atoms with Crippen LogP contribution in [0.25, 0.3) is 0 Å². The van der Waals surface area contributed by atoms with E-state index in [0.717, 1.165) is 17.8 Å². The van der Waals surface area contributed by atoms with Crippen molar-refractivity contribution in [1.29, 1.82) is 0 Å². The molecule has 0 aliphatic carbocycles. The lowest BCUT2D eigenvalue weighted by Crippen LogP contribution is -2.40. The number of hydrogen-bond acceptors (Lipinski definition) is 5. The Hall–Kier alpha value is -1.95. The Labute approximate surface area is 114 Å². The smallest absolute Gasteiger partial charge is 0.270 e. The molecular formula is C12H14FN3O4. The number of aliphatic hydroxyl groups is 2. The minimum absolute atomic E-state index is 0.0443. The predicted octanol–water partition coefficient (Wildman–Crippen LogP) is -1.06. The van der Waals surface area contributed by atoms with Gasteiger partial charge in [-0.1, -0.05) is 0 Å². The largest absolute Gasteiger partial charge is 0.394 e. The fourth-order valence-corrected chi connectivity index (χ4v) is 2.23. The summed E-state index contributed by atoms with van der Waals surface area (Å²) in [4.78, 5) is 14.9. The molecule has 20 heavy (non-hydrogen) atoms. The van der Waals surface area contributed by atoms with E-state index in [9.17, 15) is 14.3 Å². The number of terminal acetylenes is 1. The number of aromatic nitrogens is 2. The standard InChI is InChI=1S/C12H14FN3O4/c1-3-6-8(10(14)19)15-5-16(6)11-12(2,13)9(18)7(4-17)20-11/h1,5,7,9,11,17-18H,4H2,2H3,(H2,14,19)/t7-,9-,11-,12-/m1/s1. The third-order valence-electron chi connectivity index (χ3n) is 3.31. The first kappa shape index (κ1) is 14.5. The maximum atomic E-state index is 14.6. The van der Waals surface area contributed by atoms with Gasteiger partial charge in [-0.25, -0.2) is 9.37 Å². The quantitative estimate of drug-likeness (QED) is 0.613. The number of imidazole rings is 1. The summed E-state index contributed by atoms with van der Waals surface area (Å²) in [6.45, 7) is 0.558. The fraction of sp³-hybridized carbons (Fsp3) is 0.500. The van der Waals surface area contributed by atoms with E-state index in [4.69, 9.17) is 22.0 Å². The Morgan fingerprint density at radius 2 is 2.45 bits per heavy atom. The summed E-state index contributed by atoms with van der Waals surface area (Å²) in [7, 11) is 0. The molecule has 0 bridgehead atoms. The fourth-order valence-electron chi connectivity index (χ4n) is 2.23. The zero-order valence-corrected chi connectivity index (χ0v) is 10.7. The van der Waals surface area contributed by atoms with Gasteiger partial charge in [0.25, 0.3) is 5.91 Å². The summed E-state index contributed by atoms with van der Waals surface area (Å²) in [6, 6.07) is 0. The highest BCUT2D eigenvalue weighted by molar-refractivity contribution is 5.93. The SMILES string of the molecule is C#Cc1c(C(N)=O)ncn1[C@@H]1O[C@H](CO)[C@@H](O)[C@@]1(C)F. The van der Waals surface area contributed by atoms with Crippen molar-refractivity contribution >= 4 is 5.91 Å². The van der Waals surface area contributed by atoms with Gasteiger partial charge in [-0.05, 0) is 12.8 Å². The number of carbonyl (C=O) groups is 1. The molecule has 1 amide bonds. The summed E-state index contributed by atoms with van der Waals surface area (Å²) in [5.41, 5.74) is 2.67. The molecule has 0 unspecified atom stereocenters. The first-order valence-corrected chi connectivity index (χ1v) is 5.81. The molecule has 1 aliphatic rings. The molecule has 0 spiro atoms. The van der Waals surface area contributed by atoms with Gasteiger partial charge in [0, 0.05) is 0 Å². The first-order valence-electron chi connectivity index (χ1n) is 5.81. The second kappa shape index (κ2) is 4.86. The minimum atomic E-state index is -2.21. The van der Waals surface area contributed by atoms with E-state index >= 15 is 0 Å². The average Bonchev–Trinajstić information content (AvgIpc) is 2.90. The van der Waals surface area contributed by atoms with Crippen molar-refractivity contribution in [2.75, 3.05) is 6.61 Å². The number of nitrogens with zero attached hydrogens (tertiary/aromatic N) is 2. The van der Waals surface area contributed by atoms with Crippen LogP contribution in [0.15, 0.2) is 6.33 Å². The van der Waals surface area contributed by atoms with E-state index in [-0.39, 0.29) is 11.4 Å². The van der Waals surface area contributed by atoms with E-state index in [1.54, 1.807) is 0 Å². The van der Waals surface area contributed by atoms with Crippen molar-refractivity contribution in [2.45, 2.75) is 31.0 Å². The van der Waals surface area contributed by atoms with Crippen molar-refractivity contribution in [1.82, 2.24) is 9.55 Å². The van der Waals surface area contributed by atoms with E-state index in [0.29, 0.717) is 0 Å². The number of carbonyl (C=O) groups excluding carboxylic acids is 1. The second-order valence-electron chi connectivity index (χ2n) is 4.66. The normalized spacial score (nSPS) is 33.0. The van der Waals surface area contributed by atoms with Gasteiger partial charge < -0.3 is 20.7 Å². The van der Waals surface area contributed by atoms with Crippen LogP contribution in [-0.4, -0.2) is 50.2 Å². The molecule has 1 aliphatic heterocycles. The highest BCUT2D eigenvalue weighted by atomic mass is 19.1. The lowest BCUT2D eigenvalue weighted by molar-refractivity contribution is -0.0590. The Bertz CT molecular complexity index is 578. The summed E-state index contributed by atoms with van der Waals surface area (Å²) in [5, 5.41) is 18.9. The van der Waals surface area contributed by atoms with Crippen LogP contribution in [0, 0.1) is 12.3 Å². The zero-order chi connectivity index (χ0) is 15.1. The molecule has 2 rings (SSSR count). The molecule has 4 atom stereocenters. The number of rotatable bonds is 3. The Balaban J connectivity index is 2.48. The first-order chi connectivity index (χ1) is 9.34. The van der Waals surface area contributed by atoms with E-state index in [2.05, 4.69) is 10.9 Å². The molecule has 7 nitrogen and oxygen atoms in total. The summed E-state index contributed by atoms with van der Waals surface area (Å²) in [6.07, 6.45) is 2.44. The van der Waals surface area contributed by atoms with Crippen LogP contribution in [0.4, 0.5) is 4.39 Å². The van der Waals surface area contributed by atoms with Gasteiger partial charge in [0.05, 0.1) is 12.9 Å². The summed E-state index contributed by atoms with van der Waals surface area (Å²) in [5.74, 6) is 1.34. The molecule has 1 aromatic rings. The molecule has 1 fully saturated rings. The van der Waals surface area contributed by atoms with E-state index < -0.39 is 36.6 Å². The van der Waals surface area contributed by atoms with Gasteiger partial charge >= 0.3 is 0 Å². The zero-order valence-electron chi connectivity index (χ0n) is 10.7. The van der Waals surface area contributed by atoms with Gasteiger partial charge in [-0.15, -0.1) is 6.42 Å². The highest BCUT2D eigenvalue weighted by Gasteiger charge is 2.55. The lowest BCUT2D eigenvalue weighted by Gasteiger charge is -2.25. The Morgan fingerprint density at radius 1 is 1.80 bits per heavy atom. The van der Waals surface area contributed by atoms with Crippen LogP contribution in [0.2, 0.25) is 0 Å². The van der Waals surface area contributed by atoms with Crippen molar-refractivity contribution in [2.24, 2.45) is 5.73 Å². The number of amides is 1. The van der Waals surface area contributed by atoms with Crippen molar-refractivity contribution < 1.29 is 24.1 Å². The molecule has 4 N–H and O–H groups in total. The van der Waals surface area contributed by atoms with Crippen LogP contribution in [0.1, 0.15) is 29.3 Å². The molecule has 1 saturated heterocycles. The molecule has 0 radical (unpaired) electrons. The van der Waals surface area contributed by atoms with Crippen LogP contribution in [0.3, 0.4) is 0 Å². The molecule has 0 saturated carbocycles. The van der Waals surface area contributed by atoms with Crippen LogP contribution in [0.5, 0.6) is 0 Å².